The second-order valence-corrected chi connectivity index (χ2v) is 4.29. The summed E-state index contributed by atoms with van der Waals surface area (Å²) < 4.78 is 0. The van der Waals surface area contributed by atoms with E-state index in [0.717, 1.165) is 5.56 Å². The Morgan fingerprint density at radius 2 is 1.80 bits per heavy atom. The van der Waals surface area contributed by atoms with Gasteiger partial charge >= 0.3 is 0 Å². The van der Waals surface area contributed by atoms with Gasteiger partial charge in [0.15, 0.2) is 0 Å². The van der Waals surface area contributed by atoms with Gasteiger partial charge in [0, 0.05) is 24.2 Å². The van der Waals surface area contributed by atoms with Gasteiger partial charge in [-0.2, -0.15) is 0 Å². The zero-order valence-electron chi connectivity index (χ0n) is 11.5. The Hall–Kier alpha value is -1.87. The highest BCUT2D eigenvalue weighted by atomic mass is 16.3. The number of aryl methyl sites for hydroxylation is 1. The molecule has 0 bridgehead atoms. The summed E-state index contributed by atoms with van der Waals surface area (Å²) in [5.41, 5.74) is 1.98. The van der Waals surface area contributed by atoms with E-state index < -0.39 is 0 Å². The molecule has 0 heterocycles. The van der Waals surface area contributed by atoms with E-state index in [1.54, 1.807) is 12.1 Å². The van der Waals surface area contributed by atoms with Gasteiger partial charge in [0.1, 0.15) is 6.61 Å². The van der Waals surface area contributed by atoms with E-state index in [9.17, 15) is 4.79 Å². The topological polar surface area (TPSA) is 81.0 Å². The lowest BCUT2D eigenvalue weighted by molar-refractivity contribution is 0.0684. The molecule has 0 radical (unpaired) electrons. The van der Waals surface area contributed by atoms with E-state index in [2.05, 4.69) is 11.8 Å². The van der Waals surface area contributed by atoms with Crippen LogP contribution in [0.3, 0.4) is 0 Å². The summed E-state index contributed by atoms with van der Waals surface area (Å²) in [7, 11) is 0. The first-order chi connectivity index (χ1) is 9.62. The van der Waals surface area contributed by atoms with Crippen LogP contribution in [0.2, 0.25) is 0 Å². The minimum absolute atomic E-state index is 0.158. The normalized spacial score (nSPS) is 9.80. The molecule has 5 nitrogen and oxygen atoms in total. The van der Waals surface area contributed by atoms with Crippen molar-refractivity contribution in [1.29, 1.82) is 0 Å². The quantitative estimate of drug-likeness (QED) is 0.649. The highest BCUT2D eigenvalue weighted by Crippen LogP contribution is 2.11. The number of benzene rings is 1. The first kappa shape index (κ1) is 16.2. The summed E-state index contributed by atoms with van der Waals surface area (Å²) in [4.78, 5) is 13.7. The fraction of sp³-hybridized carbons (Fsp3) is 0.400. The predicted octanol–water partition coefficient (Wildman–Crippen LogP) is -0.234. The Labute approximate surface area is 118 Å². The molecule has 1 amide bonds. The molecule has 3 N–H and O–H groups in total. The van der Waals surface area contributed by atoms with Crippen molar-refractivity contribution in [1.82, 2.24) is 4.90 Å². The number of aliphatic hydroxyl groups is 3. The molecule has 0 saturated carbocycles. The smallest absolute Gasteiger partial charge is 0.254 e. The van der Waals surface area contributed by atoms with Crippen LogP contribution in [0.25, 0.3) is 0 Å². The van der Waals surface area contributed by atoms with E-state index >= 15 is 0 Å². The van der Waals surface area contributed by atoms with Gasteiger partial charge in [0.05, 0.1) is 13.2 Å². The molecule has 108 valence electrons. The van der Waals surface area contributed by atoms with Crippen LogP contribution < -0.4 is 0 Å². The van der Waals surface area contributed by atoms with Gasteiger partial charge in [-0.05, 0) is 30.7 Å². The van der Waals surface area contributed by atoms with E-state index in [0.29, 0.717) is 11.1 Å². The third-order valence-corrected chi connectivity index (χ3v) is 2.66. The minimum Gasteiger partial charge on any atom is -0.395 e. The average Bonchev–Trinajstić information content (AvgIpc) is 2.43. The molecular weight excluding hydrogens is 258 g/mol. The van der Waals surface area contributed by atoms with Gasteiger partial charge in [-0.3, -0.25) is 4.79 Å². The van der Waals surface area contributed by atoms with Crippen molar-refractivity contribution < 1.29 is 20.1 Å². The van der Waals surface area contributed by atoms with E-state index in [1.807, 2.05) is 13.0 Å². The molecule has 1 aromatic carbocycles. The Morgan fingerprint density at radius 1 is 1.15 bits per heavy atom. The van der Waals surface area contributed by atoms with Gasteiger partial charge in [0.25, 0.3) is 5.91 Å². The molecule has 0 aliphatic heterocycles. The molecule has 1 rings (SSSR count). The van der Waals surface area contributed by atoms with Crippen LogP contribution >= 0.6 is 0 Å². The molecule has 0 aliphatic rings. The van der Waals surface area contributed by atoms with Gasteiger partial charge in [-0.25, -0.2) is 0 Å². The summed E-state index contributed by atoms with van der Waals surface area (Å²) in [6.45, 7) is 1.64. The highest BCUT2D eigenvalue weighted by molar-refractivity contribution is 5.94. The van der Waals surface area contributed by atoms with E-state index in [4.69, 9.17) is 15.3 Å². The third kappa shape index (κ3) is 4.67. The predicted molar refractivity (Wildman–Crippen MR) is 75.2 cm³/mol. The van der Waals surface area contributed by atoms with E-state index in [-0.39, 0.29) is 38.8 Å². The van der Waals surface area contributed by atoms with Crippen LogP contribution in [0.15, 0.2) is 18.2 Å². The van der Waals surface area contributed by atoms with Crippen molar-refractivity contribution in [3.63, 3.8) is 0 Å². The molecule has 0 atom stereocenters. The van der Waals surface area contributed by atoms with Crippen LogP contribution in [0.1, 0.15) is 21.5 Å². The lowest BCUT2D eigenvalue weighted by Crippen LogP contribution is -2.35. The molecule has 0 unspecified atom stereocenters. The molecular formula is C15H19NO4. The monoisotopic (exact) mass is 277 g/mol. The number of carbonyl (C=O) groups excluding carboxylic acids is 1. The largest absolute Gasteiger partial charge is 0.395 e. The number of rotatable bonds is 5. The van der Waals surface area contributed by atoms with Crippen molar-refractivity contribution in [2.45, 2.75) is 6.92 Å². The number of hydrogen-bond donors (Lipinski definition) is 3. The van der Waals surface area contributed by atoms with Gasteiger partial charge < -0.3 is 20.2 Å². The van der Waals surface area contributed by atoms with Crippen LogP contribution in [-0.2, 0) is 0 Å². The molecule has 0 fully saturated rings. The maximum Gasteiger partial charge on any atom is 0.254 e. The van der Waals surface area contributed by atoms with E-state index in [1.165, 1.54) is 4.90 Å². The molecule has 0 saturated heterocycles. The summed E-state index contributed by atoms with van der Waals surface area (Å²) >= 11 is 0. The Bertz CT molecular complexity index is 510. The Balaban J connectivity index is 3.04. The van der Waals surface area contributed by atoms with Crippen LogP contribution in [0.5, 0.6) is 0 Å². The Kier molecular flexibility index (Phi) is 6.74. The molecule has 20 heavy (non-hydrogen) atoms. The van der Waals surface area contributed by atoms with Crippen molar-refractivity contribution in [3.05, 3.63) is 34.9 Å². The summed E-state index contributed by atoms with van der Waals surface area (Å²) in [5, 5.41) is 26.6. The third-order valence-electron chi connectivity index (χ3n) is 2.66. The summed E-state index contributed by atoms with van der Waals surface area (Å²) in [5.74, 6) is 5.04. The number of carbonyl (C=O) groups is 1. The fourth-order valence-electron chi connectivity index (χ4n) is 1.86. The molecule has 1 aromatic rings. The van der Waals surface area contributed by atoms with Crippen LogP contribution in [0.4, 0.5) is 0 Å². The van der Waals surface area contributed by atoms with Crippen molar-refractivity contribution in [2.24, 2.45) is 0 Å². The summed E-state index contributed by atoms with van der Waals surface area (Å²) in [6, 6.07) is 5.19. The number of aliphatic hydroxyl groups excluding tert-OH is 3. The van der Waals surface area contributed by atoms with Gasteiger partial charge in [-0.15, -0.1) is 0 Å². The lowest BCUT2D eigenvalue weighted by atomic mass is 10.1. The number of nitrogens with zero attached hydrogens (tertiary/aromatic N) is 1. The molecule has 0 aromatic heterocycles. The minimum atomic E-state index is -0.260. The Morgan fingerprint density at radius 3 is 2.35 bits per heavy atom. The average molecular weight is 277 g/mol. The van der Waals surface area contributed by atoms with Crippen molar-refractivity contribution in [2.75, 3.05) is 32.9 Å². The number of amides is 1. The zero-order valence-corrected chi connectivity index (χ0v) is 11.5. The lowest BCUT2D eigenvalue weighted by Gasteiger charge is -2.21. The maximum absolute atomic E-state index is 12.3. The SMILES string of the molecule is Cc1cc(C#CCO)cc(C(=O)N(CCO)CCO)c1. The van der Waals surface area contributed by atoms with Crippen molar-refractivity contribution in [3.8, 4) is 11.8 Å². The van der Waals surface area contributed by atoms with Crippen molar-refractivity contribution >= 4 is 5.91 Å². The first-order valence-electron chi connectivity index (χ1n) is 6.34. The summed E-state index contributed by atoms with van der Waals surface area (Å²) in [6.07, 6.45) is 0. The van der Waals surface area contributed by atoms with Crippen LogP contribution in [0, 0.1) is 18.8 Å². The fourth-order valence-corrected chi connectivity index (χ4v) is 1.86. The second kappa shape index (κ2) is 8.33. The highest BCUT2D eigenvalue weighted by Gasteiger charge is 2.15. The number of hydrogen-bond acceptors (Lipinski definition) is 4. The molecule has 0 spiro atoms. The zero-order chi connectivity index (χ0) is 15.0. The second-order valence-electron chi connectivity index (χ2n) is 4.29. The maximum atomic E-state index is 12.3. The van der Waals surface area contributed by atoms with Crippen LogP contribution in [-0.4, -0.2) is 59.0 Å². The standard InChI is InChI=1S/C15H19NO4/c1-12-9-13(3-2-6-17)11-14(10-12)15(20)16(4-7-18)5-8-19/h9-11,17-19H,4-8H2,1H3. The molecule has 5 heteroatoms. The van der Waals surface area contributed by atoms with Gasteiger partial charge in [0.2, 0.25) is 0 Å². The first-order valence-corrected chi connectivity index (χ1v) is 6.34. The van der Waals surface area contributed by atoms with Gasteiger partial charge in [-0.1, -0.05) is 11.8 Å². The molecule has 0 aliphatic carbocycles.